The maximum Gasteiger partial charge on any atom is 0.337 e. The van der Waals surface area contributed by atoms with Crippen LogP contribution in [0.25, 0.3) is 0 Å². The van der Waals surface area contributed by atoms with Gasteiger partial charge in [0.15, 0.2) is 0 Å². The highest BCUT2D eigenvalue weighted by Crippen LogP contribution is 2.41. The average molecular weight is 393 g/mol. The molecule has 1 aliphatic rings. The zero-order valence-corrected chi connectivity index (χ0v) is 16.7. The highest BCUT2D eigenvalue weighted by molar-refractivity contribution is 6.31. The van der Waals surface area contributed by atoms with Gasteiger partial charge in [-0.05, 0) is 45.4 Å². The molecule has 5 nitrogen and oxygen atoms in total. The summed E-state index contributed by atoms with van der Waals surface area (Å²) in [6.07, 6.45) is 0. The van der Waals surface area contributed by atoms with E-state index in [2.05, 4.69) is 11.4 Å². The van der Waals surface area contributed by atoms with Crippen LogP contribution in [0.2, 0.25) is 5.02 Å². The van der Waals surface area contributed by atoms with Crippen molar-refractivity contribution in [3.8, 4) is 6.07 Å². The van der Waals surface area contributed by atoms with E-state index in [1.165, 1.54) is 19.2 Å². The maximum absolute atomic E-state index is 13.5. The number of nitriles is 1. The van der Waals surface area contributed by atoms with Crippen molar-refractivity contribution >= 4 is 17.6 Å². The maximum atomic E-state index is 13.5. The largest absolute Gasteiger partial charge is 0.457 e. The van der Waals surface area contributed by atoms with E-state index in [0.717, 1.165) is 6.07 Å². The van der Waals surface area contributed by atoms with Gasteiger partial charge in [0.05, 0.1) is 35.4 Å². The number of nitrogens with zero attached hydrogens (tertiary/aromatic N) is 1. The Morgan fingerprint density at radius 2 is 2.07 bits per heavy atom. The van der Waals surface area contributed by atoms with Crippen molar-refractivity contribution in [1.82, 2.24) is 5.32 Å². The number of rotatable bonds is 4. The van der Waals surface area contributed by atoms with Gasteiger partial charge in [0, 0.05) is 17.8 Å². The van der Waals surface area contributed by atoms with Gasteiger partial charge in [0.1, 0.15) is 11.4 Å². The van der Waals surface area contributed by atoms with E-state index in [4.69, 9.17) is 21.1 Å². The van der Waals surface area contributed by atoms with E-state index >= 15 is 0 Å². The molecule has 1 aromatic rings. The molecule has 1 aromatic carbocycles. The third kappa shape index (κ3) is 4.68. The summed E-state index contributed by atoms with van der Waals surface area (Å²) in [4.78, 5) is 13.0. The first-order chi connectivity index (χ1) is 12.6. The predicted molar refractivity (Wildman–Crippen MR) is 100 cm³/mol. The molecular formula is C20H22ClFN2O3. The third-order valence-corrected chi connectivity index (χ3v) is 4.27. The molecule has 2 rings (SSSR count). The highest BCUT2D eigenvalue weighted by Gasteiger charge is 2.37. The summed E-state index contributed by atoms with van der Waals surface area (Å²) < 4.78 is 24.3. The van der Waals surface area contributed by atoms with Crippen molar-refractivity contribution in [2.24, 2.45) is 0 Å². The van der Waals surface area contributed by atoms with Crippen LogP contribution in [0.4, 0.5) is 4.39 Å². The van der Waals surface area contributed by atoms with E-state index in [0.29, 0.717) is 22.5 Å². The van der Waals surface area contributed by atoms with Gasteiger partial charge in [-0.3, -0.25) is 0 Å². The molecule has 0 fully saturated rings. The van der Waals surface area contributed by atoms with Crippen LogP contribution in [0.5, 0.6) is 0 Å². The van der Waals surface area contributed by atoms with Crippen LogP contribution < -0.4 is 5.32 Å². The lowest BCUT2D eigenvalue weighted by Gasteiger charge is -2.31. The van der Waals surface area contributed by atoms with E-state index in [1.807, 2.05) is 0 Å². The number of dihydropyridines is 1. The molecule has 0 spiro atoms. The van der Waals surface area contributed by atoms with Gasteiger partial charge in [-0.2, -0.15) is 5.26 Å². The molecule has 1 unspecified atom stereocenters. The molecule has 1 N–H and O–H groups in total. The summed E-state index contributed by atoms with van der Waals surface area (Å²) in [5.41, 5.74) is 1.30. The number of carbonyl (C=O) groups excluding carboxylic acids is 1. The Hall–Kier alpha value is -2.36. The molecule has 144 valence electrons. The summed E-state index contributed by atoms with van der Waals surface area (Å²) in [5, 5.41) is 12.9. The number of allylic oxidation sites excluding steroid dienone is 2. The van der Waals surface area contributed by atoms with Gasteiger partial charge < -0.3 is 14.8 Å². The van der Waals surface area contributed by atoms with Crippen LogP contribution in [0, 0.1) is 17.1 Å². The molecule has 0 radical (unpaired) electrons. The van der Waals surface area contributed by atoms with Crippen LogP contribution in [0.3, 0.4) is 0 Å². The van der Waals surface area contributed by atoms with E-state index in [1.54, 1.807) is 27.7 Å². The minimum absolute atomic E-state index is 0.111. The number of carbonyl (C=O) groups is 1. The second-order valence-corrected chi connectivity index (χ2v) is 7.61. The zero-order chi connectivity index (χ0) is 20.4. The fourth-order valence-electron chi connectivity index (χ4n) is 2.92. The lowest BCUT2D eigenvalue weighted by Crippen LogP contribution is -2.34. The van der Waals surface area contributed by atoms with Crippen LogP contribution in [0.1, 0.15) is 39.2 Å². The summed E-state index contributed by atoms with van der Waals surface area (Å²) in [6, 6.07) is 6.02. The summed E-state index contributed by atoms with van der Waals surface area (Å²) in [5.74, 6) is -1.88. The Balaban J connectivity index is 2.71. The molecule has 1 heterocycles. The third-order valence-electron chi connectivity index (χ3n) is 3.95. The lowest BCUT2D eigenvalue weighted by atomic mass is 9.80. The number of nitrogens with one attached hydrogen (secondary N) is 1. The molecule has 0 aromatic heterocycles. The standard InChI is InChI=1S/C20H22ClFN2O3/c1-11-14(9-23)17(13-7-6-12(22)8-15(13)21)18(16(24-11)10-26-5)19(25)27-20(2,3)4/h6-8,17,24H,10H2,1-5H3. The zero-order valence-electron chi connectivity index (χ0n) is 15.9. The van der Waals surface area contributed by atoms with E-state index in [9.17, 15) is 14.4 Å². The van der Waals surface area contributed by atoms with Crippen molar-refractivity contribution in [1.29, 1.82) is 5.26 Å². The molecule has 27 heavy (non-hydrogen) atoms. The van der Waals surface area contributed by atoms with Gasteiger partial charge in [-0.25, -0.2) is 9.18 Å². The number of halogens is 2. The number of methoxy groups -OCH3 is 1. The number of hydrogen-bond acceptors (Lipinski definition) is 5. The van der Waals surface area contributed by atoms with Crippen molar-refractivity contribution in [3.05, 3.63) is 57.1 Å². The van der Waals surface area contributed by atoms with E-state index < -0.39 is 23.3 Å². The van der Waals surface area contributed by atoms with E-state index in [-0.39, 0.29) is 17.2 Å². The Kier molecular flexibility index (Phi) is 6.30. The monoisotopic (exact) mass is 392 g/mol. The molecule has 7 heteroatoms. The smallest absolute Gasteiger partial charge is 0.337 e. The number of ether oxygens (including phenoxy) is 2. The van der Waals surface area contributed by atoms with Crippen molar-refractivity contribution in [2.75, 3.05) is 13.7 Å². The fraction of sp³-hybridized carbons (Fsp3) is 0.400. The van der Waals surface area contributed by atoms with Crippen LogP contribution in [-0.2, 0) is 14.3 Å². The molecule has 0 bridgehead atoms. The summed E-state index contributed by atoms with van der Waals surface area (Å²) >= 11 is 6.26. The van der Waals surface area contributed by atoms with Crippen molar-refractivity contribution < 1.29 is 18.7 Å². The van der Waals surface area contributed by atoms with Gasteiger partial charge in [0.25, 0.3) is 0 Å². The molecule has 0 aliphatic carbocycles. The molecule has 1 atom stereocenters. The molecule has 0 amide bonds. The quantitative estimate of drug-likeness (QED) is 0.777. The summed E-state index contributed by atoms with van der Waals surface area (Å²) in [7, 11) is 1.50. The fourth-order valence-corrected chi connectivity index (χ4v) is 3.20. The molecule has 0 saturated heterocycles. The van der Waals surface area contributed by atoms with Gasteiger partial charge in [-0.1, -0.05) is 17.7 Å². The normalized spacial score (nSPS) is 17.5. The van der Waals surface area contributed by atoms with Gasteiger partial charge >= 0.3 is 5.97 Å². The van der Waals surface area contributed by atoms with Gasteiger partial charge in [0.2, 0.25) is 0 Å². The van der Waals surface area contributed by atoms with Crippen LogP contribution >= 0.6 is 11.6 Å². The molecule has 0 saturated carbocycles. The Morgan fingerprint density at radius 1 is 1.41 bits per heavy atom. The molecular weight excluding hydrogens is 371 g/mol. The Morgan fingerprint density at radius 3 is 2.59 bits per heavy atom. The molecule has 1 aliphatic heterocycles. The second-order valence-electron chi connectivity index (χ2n) is 7.20. The van der Waals surface area contributed by atoms with Crippen LogP contribution in [0.15, 0.2) is 40.7 Å². The highest BCUT2D eigenvalue weighted by atomic mass is 35.5. The Bertz CT molecular complexity index is 863. The first-order valence-corrected chi connectivity index (χ1v) is 8.75. The second kappa shape index (κ2) is 8.12. The SMILES string of the molecule is COCC1=C(C(=O)OC(C)(C)C)C(c2ccc(F)cc2Cl)C(C#N)=C(C)N1. The summed E-state index contributed by atoms with van der Waals surface area (Å²) in [6.45, 7) is 7.10. The predicted octanol–water partition coefficient (Wildman–Crippen LogP) is 4.21. The lowest BCUT2D eigenvalue weighted by molar-refractivity contribution is -0.150. The van der Waals surface area contributed by atoms with Crippen molar-refractivity contribution in [3.63, 3.8) is 0 Å². The Labute approximate surface area is 163 Å². The first kappa shape index (κ1) is 20.9. The minimum Gasteiger partial charge on any atom is -0.457 e. The average Bonchev–Trinajstić information content (AvgIpc) is 2.53. The van der Waals surface area contributed by atoms with Gasteiger partial charge in [-0.15, -0.1) is 0 Å². The topological polar surface area (TPSA) is 71.3 Å². The number of esters is 1. The minimum atomic E-state index is -0.788. The number of benzene rings is 1. The van der Waals surface area contributed by atoms with Crippen LogP contribution in [-0.4, -0.2) is 25.3 Å². The van der Waals surface area contributed by atoms with Crippen molar-refractivity contribution in [2.45, 2.75) is 39.2 Å². The number of hydrogen-bond donors (Lipinski definition) is 1. The first-order valence-electron chi connectivity index (χ1n) is 8.37.